The number of hydrogen-bond acceptors (Lipinski definition) is 4. The molecular weight excluding hydrogens is 1050 g/mol. The Morgan fingerprint density at radius 3 is 1.04 bits per heavy atom. The molecule has 0 amide bonds. The van der Waals surface area contributed by atoms with Crippen LogP contribution in [0.1, 0.15) is 52.7 Å². The van der Waals surface area contributed by atoms with Crippen molar-refractivity contribution in [1.29, 1.82) is 0 Å². The Balaban J connectivity index is 0.828. The number of benzene rings is 12. The summed E-state index contributed by atoms with van der Waals surface area (Å²) in [6, 6.07) is 102. The van der Waals surface area contributed by atoms with E-state index in [9.17, 15) is 0 Å². The maximum absolute atomic E-state index is 5.07. The van der Waals surface area contributed by atoms with Crippen molar-refractivity contribution in [3.05, 3.63) is 290 Å². The van der Waals surface area contributed by atoms with Crippen LogP contribution >= 0.6 is 11.7 Å². The zero-order chi connectivity index (χ0) is 57.8. The minimum Gasteiger partial charge on any atom is -0.309 e. The highest BCUT2D eigenvalue weighted by Gasteiger charge is 2.23. The Kier molecular flexibility index (Phi) is 13.5. The maximum atomic E-state index is 5.07. The van der Waals surface area contributed by atoms with Crippen LogP contribution in [0.25, 0.3) is 116 Å². The molecule has 0 radical (unpaired) electrons. The van der Waals surface area contributed by atoms with Crippen molar-refractivity contribution < 1.29 is 0 Å². The molecule has 0 spiro atoms. The number of rotatable bonds is 11. The van der Waals surface area contributed by atoms with E-state index < -0.39 is 0 Å². The first-order valence-corrected chi connectivity index (χ1v) is 30.1. The molecule has 410 valence electrons. The van der Waals surface area contributed by atoms with Gasteiger partial charge in [0.05, 0.1) is 28.4 Å². The summed E-state index contributed by atoms with van der Waals surface area (Å²) in [5.74, 6) is 0. The Bertz CT molecular complexity index is 4440. The predicted molar refractivity (Wildman–Crippen MR) is 362 cm³/mol. The molecule has 14 aromatic rings. The van der Waals surface area contributed by atoms with E-state index in [-0.39, 0.29) is 10.8 Å². The molecule has 0 atom stereocenters. The van der Waals surface area contributed by atoms with Crippen LogP contribution in [-0.4, -0.2) is 13.3 Å². The van der Waals surface area contributed by atoms with Gasteiger partial charge in [-0.05, 0) is 167 Å². The zero-order valence-electron chi connectivity index (χ0n) is 48.8. The SMILES string of the molecule is CC(C)(C)c1ccc(-c2ccc(N(c3ccc(-c4ccc(C(C)(C)C)cc4)cc3)c3ccc(-c4ccc(-n5c6ccc(-c7ccc(-c8ccccc8)cc7)cc6c6cc(-c7ccc(-c8ccccc8)cc7)ccc65)cc4)c4nsnc34)cc2)cc1. The molecule has 85 heavy (non-hydrogen) atoms. The second kappa shape index (κ2) is 21.7. The van der Waals surface area contributed by atoms with Gasteiger partial charge in [-0.3, -0.25) is 0 Å². The van der Waals surface area contributed by atoms with Crippen molar-refractivity contribution in [3.8, 4) is 83.6 Å². The monoisotopic (exact) mass is 1110 g/mol. The topological polar surface area (TPSA) is 34.0 Å². The summed E-state index contributed by atoms with van der Waals surface area (Å²) < 4.78 is 12.5. The van der Waals surface area contributed by atoms with Crippen LogP contribution < -0.4 is 4.90 Å². The van der Waals surface area contributed by atoms with Gasteiger partial charge in [0.1, 0.15) is 11.0 Å². The number of anilines is 3. The number of fused-ring (bicyclic) bond motifs is 4. The van der Waals surface area contributed by atoms with Crippen molar-refractivity contribution >= 4 is 61.6 Å². The minimum atomic E-state index is 0.0877. The second-order valence-corrected chi connectivity index (χ2v) is 24.9. The molecule has 0 aliphatic rings. The minimum absolute atomic E-state index is 0.0877. The standard InChI is InChI=1S/C80H64N4S/c1-79(2,3)66-37-25-57(26-38-66)59-29-41-68(42-30-59)83(69-43-31-60(32-44-69)58-27-39-67(40-28-58)80(4,5)6)76-50-47-71(77-78(76)82-85-81-77)63-33-45-70(46-34-63)84-74-48-35-64(61-21-17-55(18-22-61)53-13-9-7-10-14-53)51-72(74)73-52-65(36-49-75(73)84)62-23-19-56(20-24-62)54-15-11-8-12-16-54/h7-52H,1-6H3. The lowest BCUT2D eigenvalue weighted by atomic mass is 9.86. The number of aromatic nitrogens is 3. The van der Waals surface area contributed by atoms with Crippen LogP contribution in [0.4, 0.5) is 17.1 Å². The summed E-state index contributed by atoms with van der Waals surface area (Å²) in [4.78, 5) is 2.33. The normalized spacial score (nSPS) is 11.9. The highest BCUT2D eigenvalue weighted by molar-refractivity contribution is 7.00. The smallest absolute Gasteiger partial charge is 0.129 e. The lowest BCUT2D eigenvalue weighted by Gasteiger charge is -2.26. The van der Waals surface area contributed by atoms with E-state index in [1.807, 2.05) is 0 Å². The molecule has 12 aromatic carbocycles. The van der Waals surface area contributed by atoms with E-state index in [0.29, 0.717) is 0 Å². The van der Waals surface area contributed by atoms with E-state index in [4.69, 9.17) is 8.75 Å². The van der Waals surface area contributed by atoms with Gasteiger partial charge in [0, 0.05) is 33.4 Å². The zero-order valence-corrected chi connectivity index (χ0v) is 49.6. The predicted octanol–water partition coefficient (Wildman–Crippen LogP) is 22.5. The van der Waals surface area contributed by atoms with E-state index >= 15 is 0 Å². The van der Waals surface area contributed by atoms with Crippen molar-refractivity contribution in [2.75, 3.05) is 4.90 Å². The molecule has 0 saturated heterocycles. The first-order valence-electron chi connectivity index (χ1n) is 29.4. The molecule has 0 aliphatic heterocycles. The average Bonchev–Trinajstić information content (AvgIpc) is 3.56. The van der Waals surface area contributed by atoms with Gasteiger partial charge < -0.3 is 9.47 Å². The average molecular weight is 1110 g/mol. The van der Waals surface area contributed by atoms with Gasteiger partial charge in [-0.2, -0.15) is 8.75 Å². The molecule has 5 heteroatoms. The summed E-state index contributed by atoms with van der Waals surface area (Å²) >= 11 is 1.26. The van der Waals surface area contributed by atoms with Gasteiger partial charge in [0.15, 0.2) is 0 Å². The molecule has 0 fully saturated rings. The van der Waals surface area contributed by atoms with Crippen molar-refractivity contribution in [3.63, 3.8) is 0 Å². The van der Waals surface area contributed by atoms with Crippen molar-refractivity contribution in [2.24, 2.45) is 0 Å². The third kappa shape index (κ3) is 10.3. The Morgan fingerprint density at radius 2 is 0.635 bits per heavy atom. The molecule has 2 heterocycles. The van der Waals surface area contributed by atoms with E-state index in [1.165, 1.54) is 100 Å². The van der Waals surface area contributed by atoms with Crippen LogP contribution in [0.3, 0.4) is 0 Å². The summed E-state index contributed by atoms with van der Waals surface area (Å²) in [6.45, 7) is 13.6. The fraction of sp³-hybridized carbons (Fsp3) is 0.100. The molecule has 0 aliphatic carbocycles. The molecule has 4 nitrogen and oxygen atoms in total. The van der Waals surface area contributed by atoms with Crippen molar-refractivity contribution in [2.45, 2.75) is 52.4 Å². The first kappa shape index (κ1) is 53.1. The summed E-state index contributed by atoms with van der Waals surface area (Å²) in [5.41, 5.74) is 27.4. The third-order valence-electron chi connectivity index (χ3n) is 16.9. The highest BCUT2D eigenvalue weighted by Crippen LogP contribution is 2.44. The van der Waals surface area contributed by atoms with Gasteiger partial charge in [-0.25, -0.2) is 0 Å². The van der Waals surface area contributed by atoms with Gasteiger partial charge >= 0.3 is 0 Å². The molecule has 0 N–H and O–H groups in total. The largest absolute Gasteiger partial charge is 0.309 e. The Hall–Kier alpha value is -9.94. The van der Waals surface area contributed by atoms with Gasteiger partial charge in [0.2, 0.25) is 0 Å². The molecule has 14 rings (SSSR count). The van der Waals surface area contributed by atoms with Crippen LogP contribution in [0, 0.1) is 0 Å². The Labute approximate surface area is 503 Å². The molecule has 0 saturated carbocycles. The second-order valence-electron chi connectivity index (χ2n) is 24.4. The van der Waals surface area contributed by atoms with Crippen LogP contribution in [-0.2, 0) is 10.8 Å². The quantitative estimate of drug-likeness (QED) is 0.129. The fourth-order valence-corrected chi connectivity index (χ4v) is 12.6. The lowest BCUT2D eigenvalue weighted by molar-refractivity contribution is 0.590. The van der Waals surface area contributed by atoms with Crippen molar-refractivity contribution in [1.82, 2.24) is 13.3 Å². The fourth-order valence-electron chi connectivity index (χ4n) is 12.0. The van der Waals surface area contributed by atoms with Gasteiger partial charge in [-0.1, -0.05) is 248 Å². The van der Waals surface area contributed by atoms with Crippen LogP contribution in [0.15, 0.2) is 279 Å². The Morgan fingerprint density at radius 1 is 0.306 bits per heavy atom. The van der Waals surface area contributed by atoms with Gasteiger partial charge in [-0.15, -0.1) is 0 Å². The molecular formula is C80H64N4S. The third-order valence-corrected chi connectivity index (χ3v) is 17.4. The van der Waals surface area contributed by atoms with Gasteiger partial charge in [0.25, 0.3) is 0 Å². The van der Waals surface area contributed by atoms with E-state index in [2.05, 4.69) is 330 Å². The van der Waals surface area contributed by atoms with Crippen LogP contribution in [0.5, 0.6) is 0 Å². The highest BCUT2D eigenvalue weighted by atomic mass is 32.1. The molecule has 0 unspecified atom stereocenters. The molecule has 0 bridgehead atoms. The summed E-state index contributed by atoms with van der Waals surface area (Å²) in [7, 11) is 0. The summed E-state index contributed by atoms with van der Waals surface area (Å²) in [6.07, 6.45) is 0. The first-order chi connectivity index (χ1) is 41.4. The maximum Gasteiger partial charge on any atom is 0.129 e. The number of hydrogen-bond donors (Lipinski definition) is 0. The van der Waals surface area contributed by atoms with Crippen LogP contribution in [0.2, 0.25) is 0 Å². The molecule has 2 aromatic heterocycles. The summed E-state index contributed by atoms with van der Waals surface area (Å²) in [5, 5.41) is 2.41. The van der Waals surface area contributed by atoms with E-state index in [1.54, 1.807) is 0 Å². The number of nitrogens with zero attached hydrogens (tertiary/aromatic N) is 4. The lowest BCUT2D eigenvalue weighted by Crippen LogP contribution is -2.11. The van der Waals surface area contributed by atoms with E-state index in [0.717, 1.165) is 55.9 Å².